The average Bonchev–Trinajstić information content (AvgIpc) is 2.76. The summed E-state index contributed by atoms with van der Waals surface area (Å²) in [4.78, 5) is 19.5. The van der Waals surface area contributed by atoms with Crippen LogP contribution in [0.2, 0.25) is 0 Å². The van der Waals surface area contributed by atoms with Gasteiger partial charge in [0.25, 0.3) is 5.91 Å². The van der Waals surface area contributed by atoms with E-state index < -0.39 is 0 Å². The SMILES string of the molecule is CCNC(=NCc1cccc(C(=O)NC(C)CC)c1)NCC(C)N1CCOCC1. The first-order valence-electron chi connectivity index (χ1n) is 10.8. The van der Waals surface area contributed by atoms with Crippen LogP contribution < -0.4 is 16.0 Å². The number of benzene rings is 1. The summed E-state index contributed by atoms with van der Waals surface area (Å²) in [6.07, 6.45) is 0.913. The second kappa shape index (κ2) is 12.4. The summed E-state index contributed by atoms with van der Waals surface area (Å²) >= 11 is 0. The number of aliphatic imine (C=N–C) groups is 1. The van der Waals surface area contributed by atoms with Gasteiger partial charge in [0.15, 0.2) is 5.96 Å². The highest BCUT2D eigenvalue weighted by Crippen LogP contribution is 2.08. The van der Waals surface area contributed by atoms with Gasteiger partial charge < -0.3 is 20.7 Å². The summed E-state index contributed by atoms with van der Waals surface area (Å²) < 4.78 is 5.43. The Morgan fingerprint density at radius 3 is 2.66 bits per heavy atom. The van der Waals surface area contributed by atoms with Crippen molar-refractivity contribution in [3.05, 3.63) is 35.4 Å². The van der Waals surface area contributed by atoms with Crippen molar-refractivity contribution < 1.29 is 9.53 Å². The molecule has 2 unspecified atom stereocenters. The number of nitrogens with zero attached hydrogens (tertiary/aromatic N) is 2. The number of carbonyl (C=O) groups excluding carboxylic acids is 1. The van der Waals surface area contributed by atoms with E-state index in [-0.39, 0.29) is 11.9 Å². The smallest absolute Gasteiger partial charge is 0.251 e. The topological polar surface area (TPSA) is 78.0 Å². The van der Waals surface area contributed by atoms with Crippen molar-refractivity contribution in [3.8, 4) is 0 Å². The third-order valence-corrected chi connectivity index (χ3v) is 5.18. The first-order valence-corrected chi connectivity index (χ1v) is 10.8. The number of carbonyl (C=O) groups is 1. The van der Waals surface area contributed by atoms with Crippen LogP contribution in [0.3, 0.4) is 0 Å². The molecule has 2 rings (SSSR count). The molecule has 1 aliphatic rings. The van der Waals surface area contributed by atoms with Crippen LogP contribution in [0.15, 0.2) is 29.3 Å². The standard InChI is InChI=1S/C22H37N5O2/c1-5-17(3)26-21(28)20-9-7-8-19(14-20)16-25-22(23-6-2)24-15-18(4)27-10-12-29-13-11-27/h7-9,14,17-18H,5-6,10-13,15-16H2,1-4H3,(H,26,28)(H2,23,24,25). The summed E-state index contributed by atoms with van der Waals surface area (Å²) in [7, 11) is 0. The van der Waals surface area contributed by atoms with Crippen LogP contribution in [0.5, 0.6) is 0 Å². The molecule has 162 valence electrons. The monoisotopic (exact) mass is 403 g/mol. The van der Waals surface area contributed by atoms with Crippen molar-refractivity contribution in [1.29, 1.82) is 0 Å². The highest BCUT2D eigenvalue weighted by Gasteiger charge is 2.17. The summed E-state index contributed by atoms with van der Waals surface area (Å²) in [5.41, 5.74) is 1.69. The number of hydrogen-bond acceptors (Lipinski definition) is 4. The third-order valence-electron chi connectivity index (χ3n) is 5.18. The van der Waals surface area contributed by atoms with Gasteiger partial charge in [-0.05, 0) is 44.9 Å². The van der Waals surface area contributed by atoms with Crippen molar-refractivity contribution in [2.24, 2.45) is 4.99 Å². The van der Waals surface area contributed by atoms with Crippen molar-refractivity contribution in [1.82, 2.24) is 20.9 Å². The number of amides is 1. The predicted octanol–water partition coefficient (Wildman–Crippen LogP) is 1.99. The molecule has 1 saturated heterocycles. The van der Waals surface area contributed by atoms with Gasteiger partial charge in [0.2, 0.25) is 0 Å². The Morgan fingerprint density at radius 1 is 1.21 bits per heavy atom. The Labute approximate surface area is 175 Å². The number of ether oxygens (including phenoxy) is 1. The Morgan fingerprint density at radius 2 is 1.97 bits per heavy atom. The molecule has 1 aromatic carbocycles. The fourth-order valence-corrected chi connectivity index (χ4v) is 3.12. The van der Waals surface area contributed by atoms with E-state index in [2.05, 4.69) is 41.6 Å². The third kappa shape index (κ3) is 8.03. The molecule has 0 saturated carbocycles. The van der Waals surface area contributed by atoms with Crippen LogP contribution in [-0.4, -0.2) is 68.2 Å². The van der Waals surface area contributed by atoms with Gasteiger partial charge in [-0.3, -0.25) is 9.69 Å². The maximum atomic E-state index is 12.3. The lowest BCUT2D eigenvalue weighted by Crippen LogP contribution is -2.49. The molecular weight excluding hydrogens is 366 g/mol. The van der Waals surface area contributed by atoms with E-state index in [1.807, 2.05) is 31.2 Å². The molecule has 0 aromatic heterocycles. The van der Waals surface area contributed by atoms with Crippen LogP contribution in [0.4, 0.5) is 0 Å². The maximum absolute atomic E-state index is 12.3. The van der Waals surface area contributed by atoms with Gasteiger partial charge in [-0.2, -0.15) is 0 Å². The molecule has 1 amide bonds. The second-order valence-corrected chi connectivity index (χ2v) is 7.56. The van der Waals surface area contributed by atoms with Crippen molar-refractivity contribution >= 4 is 11.9 Å². The van der Waals surface area contributed by atoms with Gasteiger partial charge in [-0.15, -0.1) is 0 Å². The van der Waals surface area contributed by atoms with Crippen LogP contribution in [0.25, 0.3) is 0 Å². The molecule has 1 aromatic rings. The number of hydrogen-bond donors (Lipinski definition) is 3. The minimum absolute atomic E-state index is 0.0328. The van der Waals surface area contributed by atoms with Crippen molar-refractivity contribution in [2.75, 3.05) is 39.4 Å². The van der Waals surface area contributed by atoms with Crippen LogP contribution >= 0.6 is 0 Å². The van der Waals surface area contributed by atoms with Gasteiger partial charge in [0.05, 0.1) is 19.8 Å². The van der Waals surface area contributed by atoms with E-state index in [4.69, 9.17) is 9.73 Å². The zero-order valence-electron chi connectivity index (χ0n) is 18.3. The summed E-state index contributed by atoms with van der Waals surface area (Å²) in [6, 6.07) is 8.26. The van der Waals surface area contributed by atoms with Gasteiger partial charge in [-0.25, -0.2) is 4.99 Å². The zero-order valence-corrected chi connectivity index (χ0v) is 18.3. The van der Waals surface area contributed by atoms with Crippen molar-refractivity contribution in [3.63, 3.8) is 0 Å². The Bertz CT molecular complexity index is 658. The molecule has 1 aliphatic heterocycles. The fraction of sp³-hybridized carbons (Fsp3) is 0.636. The van der Waals surface area contributed by atoms with Gasteiger partial charge in [-0.1, -0.05) is 19.1 Å². The zero-order chi connectivity index (χ0) is 21.1. The first kappa shape index (κ1) is 23.2. The molecule has 7 heteroatoms. The minimum Gasteiger partial charge on any atom is -0.379 e. The number of rotatable bonds is 9. The largest absolute Gasteiger partial charge is 0.379 e. The van der Waals surface area contributed by atoms with Gasteiger partial charge in [0, 0.05) is 43.8 Å². The van der Waals surface area contributed by atoms with Gasteiger partial charge in [0.1, 0.15) is 0 Å². The highest BCUT2D eigenvalue weighted by atomic mass is 16.5. The minimum atomic E-state index is -0.0328. The van der Waals surface area contributed by atoms with E-state index >= 15 is 0 Å². The van der Waals surface area contributed by atoms with Crippen molar-refractivity contribution in [2.45, 2.75) is 52.7 Å². The molecular formula is C22H37N5O2. The molecule has 0 radical (unpaired) electrons. The lowest BCUT2D eigenvalue weighted by atomic mass is 10.1. The quantitative estimate of drug-likeness (QED) is 0.434. The van der Waals surface area contributed by atoms with E-state index in [1.54, 1.807) is 0 Å². The second-order valence-electron chi connectivity index (χ2n) is 7.56. The lowest BCUT2D eigenvalue weighted by molar-refractivity contribution is 0.0211. The van der Waals surface area contributed by atoms with Gasteiger partial charge >= 0.3 is 0 Å². The normalized spacial score (nSPS) is 17.4. The fourth-order valence-electron chi connectivity index (χ4n) is 3.12. The predicted molar refractivity (Wildman–Crippen MR) is 118 cm³/mol. The number of nitrogens with one attached hydrogen (secondary N) is 3. The Kier molecular flexibility index (Phi) is 9.94. The van der Waals surface area contributed by atoms with E-state index in [9.17, 15) is 4.79 Å². The average molecular weight is 404 g/mol. The highest BCUT2D eigenvalue weighted by molar-refractivity contribution is 5.94. The molecule has 7 nitrogen and oxygen atoms in total. The Hall–Kier alpha value is -2.12. The molecule has 3 N–H and O–H groups in total. The lowest BCUT2D eigenvalue weighted by Gasteiger charge is -2.32. The van der Waals surface area contributed by atoms with E-state index in [0.29, 0.717) is 18.2 Å². The Balaban J connectivity index is 1.93. The molecule has 2 atom stereocenters. The number of guanidine groups is 1. The maximum Gasteiger partial charge on any atom is 0.251 e. The summed E-state index contributed by atoms with van der Waals surface area (Å²) in [6.45, 7) is 14.1. The molecule has 1 heterocycles. The van der Waals surface area contributed by atoms with Crippen LogP contribution in [0.1, 0.15) is 50.0 Å². The van der Waals surface area contributed by atoms with E-state index in [0.717, 1.165) is 57.3 Å². The molecule has 29 heavy (non-hydrogen) atoms. The molecule has 1 fully saturated rings. The number of morpholine rings is 1. The molecule has 0 bridgehead atoms. The first-order chi connectivity index (χ1) is 14.0. The summed E-state index contributed by atoms with van der Waals surface area (Å²) in [5, 5.41) is 9.74. The van der Waals surface area contributed by atoms with Crippen LogP contribution in [-0.2, 0) is 11.3 Å². The summed E-state index contributed by atoms with van der Waals surface area (Å²) in [5.74, 6) is 0.761. The van der Waals surface area contributed by atoms with E-state index in [1.165, 1.54) is 0 Å². The van der Waals surface area contributed by atoms with Crippen LogP contribution in [0, 0.1) is 0 Å². The molecule has 0 aliphatic carbocycles. The molecule has 0 spiro atoms.